The van der Waals surface area contributed by atoms with Crippen LogP contribution in [0.4, 0.5) is 0 Å². The van der Waals surface area contributed by atoms with Crippen LogP contribution in [-0.4, -0.2) is 47.9 Å². The summed E-state index contributed by atoms with van der Waals surface area (Å²) in [4.78, 5) is 28.8. The molecule has 0 aliphatic carbocycles. The predicted octanol–water partition coefficient (Wildman–Crippen LogP) is 2.28. The van der Waals surface area contributed by atoms with E-state index in [1.54, 1.807) is 0 Å². The smallest absolute Gasteiger partial charge is 0.277 e. The van der Waals surface area contributed by atoms with Crippen molar-refractivity contribution in [2.45, 2.75) is 26.7 Å². The van der Waals surface area contributed by atoms with Gasteiger partial charge < -0.3 is 9.64 Å². The van der Waals surface area contributed by atoms with E-state index in [1.807, 2.05) is 38.1 Å². The van der Waals surface area contributed by atoms with Gasteiger partial charge in [0.05, 0.1) is 12.2 Å². The lowest BCUT2D eigenvalue weighted by molar-refractivity contribution is -0.137. The number of likely N-dealkylation sites (tertiary alicyclic amines) is 1. The first-order valence-corrected chi connectivity index (χ1v) is 8.26. The maximum Gasteiger partial charge on any atom is 0.277 e. The quantitative estimate of drug-likeness (QED) is 0.783. The molecule has 2 heterocycles. The van der Waals surface area contributed by atoms with Crippen molar-refractivity contribution in [2.75, 3.05) is 26.2 Å². The molecule has 0 unspecified atom stereocenters. The zero-order chi connectivity index (χ0) is 16.4. The summed E-state index contributed by atoms with van der Waals surface area (Å²) in [5, 5.41) is 0. The molecule has 2 aliphatic heterocycles. The minimum atomic E-state index is -0.191. The zero-order valence-corrected chi connectivity index (χ0v) is 13.7. The average molecular weight is 314 g/mol. The molecule has 122 valence electrons. The topological polar surface area (TPSA) is 49.9 Å². The Hall–Kier alpha value is -2.30. The highest BCUT2D eigenvalue weighted by molar-refractivity contribution is 6.35. The molecule has 1 aromatic rings. The van der Waals surface area contributed by atoms with Gasteiger partial charge in [-0.05, 0) is 44.4 Å². The van der Waals surface area contributed by atoms with Gasteiger partial charge in [-0.2, -0.15) is 0 Å². The number of hydrogen-bond donors (Lipinski definition) is 0. The number of nitrogens with zero attached hydrogens (tertiary/aromatic N) is 2. The number of carbonyl (C=O) groups excluding carboxylic acids is 2. The molecule has 1 aromatic carbocycles. The van der Waals surface area contributed by atoms with Gasteiger partial charge in [-0.15, -0.1) is 0 Å². The second-order valence-corrected chi connectivity index (χ2v) is 5.73. The number of hydrogen-bond acceptors (Lipinski definition) is 4. The summed E-state index contributed by atoms with van der Waals surface area (Å²) < 4.78 is 5.45. The first-order valence-electron chi connectivity index (χ1n) is 8.26. The molecule has 0 spiro atoms. The molecule has 5 nitrogen and oxygen atoms in total. The van der Waals surface area contributed by atoms with Gasteiger partial charge in [0.1, 0.15) is 11.4 Å². The Labute approximate surface area is 136 Å². The second kappa shape index (κ2) is 6.44. The van der Waals surface area contributed by atoms with Crippen molar-refractivity contribution in [1.29, 1.82) is 0 Å². The van der Waals surface area contributed by atoms with Gasteiger partial charge in [-0.3, -0.25) is 14.5 Å². The van der Waals surface area contributed by atoms with Crippen molar-refractivity contribution in [3.8, 4) is 5.75 Å². The maximum absolute atomic E-state index is 12.7. The summed E-state index contributed by atoms with van der Waals surface area (Å²) in [5.41, 5.74) is 1.88. The van der Waals surface area contributed by atoms with E-state index in [0.717, 1.165) is 37.2 Å². The van der Waals surface area contributed by atoms with Crippen LogP contribution in [0.25, 0.3) is 5.57 Å². The Balaban J connectivity index is 2.03. The number of amides is 2. The highest BCUT2D eigenvalue weighted by Crippen LogP contribution is 2.33. The summed E-state index contributed by atoms with van der Waals surface area (Å²) >= 11 is 0. The monoisotopic (exact) mass is 314 g/mol. The molecule has 23 heavy (non-hydrogen) atoms. The van der Waals surface area contributed by atoms with Crippen LogP contribution >= 0.6 is 0 Å². The first-order chi connectivity index (χ1) is 11.2. The standard InChI is InChI=1S/C18H22N2O3/c1-3-20-17(21)15(13-7-9-14(10-8-13)23-4-2)16(18(20)22)19-11-5-6-12-19/h7-10H,3-6,11-12H2,1-2H3. The van der Waals surface area contributed by atoms with Gasteiger partial charge in [-0.25, -0.2) is 0 Å². The average Bonchev–Trinajstić information content (AvgIpc) is 3.15. The fourth-order valence-corrected chi connectivity index (χ4v) is 3.23. The van der Waals surface area contributed by atoms with Gasteiger partial charge in [-0.1, -0.05) is 12.1 Å². The van der Waals surface area contributed by atoms with Gasteiger partial charge in [0.2, 0.25) is 0 Å². The van der Waals surface area contributed by atoms with Crippen molar-refractivity contribution in [1.82, 2.24) is 9.80 Å². The number of likely N-dealkylation sites (N-methyl/N-ethyl adjacent to an activating group) is 1. The van der Waals surface area contributed by atoms with Crippen molar-refractivity contribution in [3.63, 3.8) is 0 Å². The van der Waals surface area contributed by atoms with Gasteiger partial charge in [0.15, 0.2) is 0 Å². The SMILES string of the molecule is CCOc1ccc(C2=C(N3CCCC3)C(=O)N(CC)C2=O)cc1. The molecule has 0 saturated carbocycles. The molecule has 2 aliphatic rings. The number of benzene rings is 1. The van der Waals surface area contributed by atoms with Crippen LogP contribution in [0.15, 0.2) is 30.0 Å². The van der Waals surface area contributed by atoms with E-state index in [1.165, 1.54) is 4.90 Å². The van der Waals surface area contributed by atoms with Crippen LogP contribution in [-0.2, 0) is 9.59 Å². The Bertz CT molecular complexity index is 643. The lowest BCUT2D eigenvalue weighted by atomic mass is 10.0. The van der Waals surface area contributed by atoms with Crippen LogP contribution < -0.4 is 4.74 Å². The lowest BCUT2D eigenvalue weighted by Crippen LogP contribution is -2.34. The highest BCUT2D eigenvalue weighted by Gasteiger charge is 2.41. The Morgan fingerprint density at radius 1 is 1.00 bits per heavy atom. The highest BCUT2D eigenvalue weighted by atomic mass is 16.5. The molecule has 1 fully saturated rings. The number of imide groups is 1. The second-order valence-electron chi connectivity index (χ2n) is 5.73. The maximum atomic E-state index is 12.7. The van der Waals surface area contributed by atoms with Crippen molar-refractivity contribution in [2.24, 2.45) is 0 Å². The van der Waals surface area contributed by atoms with Crippen LogP contribution in [0.2, 0.25) is 0 Å². The van der Waals surface area contributed by atoms with Crippen LogP contribution in [0.1, 0.15) is 32.3 Å². The van der Waals surface area contributed by atoms with E-state index in [-0.39, 0.29) is 11.8 Å². The number of ether oxygens (including phenoxy) is 1. The van der Waals surface area contributed by atoms with Crippen LogP contribution in [0, 0.1) is 0 Å². The lowest BCUT2D eigenvalue weighted by Gasteiger charge is -2.19. The molecule has 0 atom stereocenters. The van der Waals surface area contributed by atoms with Crippen LogP contribution in [0.5, 0.6) is 5.75 Å². The summed E-state index contributed by atoms with van der Waals surface area (Å²) in [6, 6.07) is 7.42. The number of carbonyl (C=O) groups is 2. The summed E-state index contributed by atoms with van der Waals surface area (Å²) in [6.07, 6.45) is 2.13. The molecule has 2 amide bonds. The fourth-order valence-electron chi connectivity index (χ4n) is 3.23. The predicted molar refractivity (Wildman–Crippen MR) is 87.7 cm³/mol. The molecule has 1 saturated heterocycles. The zero-order valence-electron chi connectivity index (χ0n) is 13.7. The third kappa shape index (κ3) is 2.71. The molecule has 0 bridgehead atoms. The largest absolute Gasteiger partial charge is 0.494 e. The van der Waals surface area contributed by atoms with Crippen LogP contribution in [0.3, 0.4) is 0 Å². The minimum Gasteiger partial charge on any atom is -0.494 e. The third-order valence-corrected chi connectivity index (χ3v) is 4.34. The van der Waals surface area contributed by atoms with Crippen molar-refractivity contribution < 1.29 is 14.3 Å². The van der Waals surface area contributed by atoms with E-state index in [2.05, 4.69) is 4.90 Å². The molecule has 0 radical (unpaired) electrons. The summed E-state index contributed by atoms with van der Waals surface area (Å²) in [6.45, 7) is 6.44. The first kappa shape index (κ1) is 15.6. The van der Waals surface area contributed by atoms with Gasteiger partial charge in [0, 0.05) is 19.6 Å². The van der Waals surface area contributed by atoms with E-state index in [0.29, 0.717) is 24.4 Å². The van der Waals surface area contributed by atoms with Crippen molar-refractivity contribution in [3.05, 3.63) is 35.5 Å². The molecule has 0 aromatic heterocycles. The Morgan fingerprint density at radius 3 is 2.22 bits per heavy atom. The third-order valence-electron chi connectivity index (χ3n) is 4.34. The molecule has 0 N–H and O–H groups in total. The Morgan fingerprint density at radius 2 is 1.65 bits per heavy atom. The van der Waals surface area contributed by atoms with E-state index in [4.69, 9.17) is 4.74 Å². The number of rotatable bonds is 5. The normalized spacial score (nSPS) is 18.3. The van der Waals surface area contributed by atoms with Gasteiger partial charge in [0.25, 0.3) is 11.8 Å². The summed E-state index contributed by atoms with van der Waals surface area (Å²) in [7, 11) is 0. The molecular weight excluding hydrogens is 292 g/mol. The molecule has 3 rings (SSSR count). The fraction of sp³-hybridized carbons (Fsp3) is 0.444. The van der Waals surface area contributed by atoms with E-state index >= 15 is 0 Å². The molecular formula is C18H22N2O3. The minimum absolute atomic E-state index is 0.164. The summed E-state index contributed by atoms with van der Waals surface area (Å²) in [5.74, 6) is 0.413. The Kier molecular flexibility index (Phi) is 4.37. The van der Waals surface area contributed by atoms with E-state index < -0.39 is 0 Å². The van der Waals surface area contributed by atoms with E-state index in [9.17, 15) is 9.59 Å². The molecule has 5 heteroatoms. The van der Waals surface area contributed by atoms with Gasteiger partial charge >= 0.3 is 0 Å². The van der Waals surface area contributed by atoms with Crippen molar-refractivity contribution >= 4 is 17.4 Å².